The topological polar surface area (TPSA) is 62.1 Å². The van der Waals surface area contributed by atoms with Crippen molar-refractivity contribution in [3.05, 3.63) is 41.6 Å². The van der Waals surface area contributed by atoms with Crippen molar-refractivity contribution in [2.45, 2.75) is 58.3 Å². The third kappa shape index (κ3) is 3.77. The van der Waals surface area contributed by atoms with E-state index >= 15 is 0 Å². The molecule has 140 valence electrons. The van der Waals surface area contributed by atoms with Crippen molar-refractivity contribution in [2.24, 2.45) is 15.9 Å². The van der Waals surface area contributed by atoms with E-state index in [1.165, 1.54) is 32.1 Å². The van der Waals surface area contributed by atoms with E-state index in [9.17, 15) is 9.59 Å². The summed E-state index contributed by atoms with van der Waals surface area (Å²) in [5.41, 5.74) is 3.59. The number of imide groups is 1. The molecule has 1 aromatic rings. The Kier molecular flexibility index (Phi) is 5.01. The molecule has 5 heteroatoms. The van der Waals surface area contributed by atoms with E-state index in [1.807, 2.05) is 25.1 Å². The van der Waals surface area contributed by atoms with Gasteiger partial charge in [-0.1, -0.05) is 44.2 Å². The van der Waals surface area contributed by atoms with Gasteiger partial charge in [0.1, 0.15) is 0 Å². The Balaban J connectivity index is 1.51. The maximum atomic E-state index is 12.9. The minimum Gasteiger partial charge on any atom is -0.268 e. The molecular weight excluding hydrogens is 338 g/mol. The molecule has 0 aromatic heterocycles. The quantitative estimate of drug-likeness (QED) is 0.756. The Bertz CT molecular complexity index is 860. The van der Waals surface area contributed by atoms with Crippen molar-refractivity contribution >= 4 is 29.0 Å². The van der Waals surface area contributed by atoms with E-state index in [0.29, 0.717) is 23.4 Å². The van der Waals surface area contributed by atoms with Crippen LogP contribution in [0.5, 0.6) is 0 Å². The summed E-state index contributed by atoms with van der Waals surface area (Å²) in [4.78, 5) is 35.3. The molecular formula is C22H25N3O2. The number of rotatable bonds is 4. The molecule has 3 amide bonds. The molecule has 0 atom stereocenters. The Hall–Kier alpha value is -2.56. The molecule has 1 aromatic carbocycles. The van der Waals surface area contributed by atoms with E-state index in [1.54, 1.807) is 12.3 Å². The fraction of sp³-hybridized carbons (Fsp3) is 0.455. The molecule has 5 nitrogen and oxygen atoms in total. The second kappa shape index (κ2) is 7.59. The highest BCUT2D eigenvalue weighted by Crippen LogP contribution is 2.30. The maximum absolute atomic E-state index is 12.9. The molecule has 3 aliphatic rings. The first kappa shape index (κ1) is 17.8. The predicted octanol–water partition coefficient (Wildman–Crippen LogP) is 4.99. The van der Waals surface area contributed by atoms with Crippen LogP contribution in [0.2, 0.25) is 0 Å². The predicted molar refractivity (Wildman–Crippen MR) is 107 cm³/mol. The van der Waals surface area contributed by atoms with Crippen LogP contribution in [0.15, 0.2) is 46.0 Å². The zero-order chi connectivity index (χ0) is 18.8. The first-order valence-electron chi connectivity index (χ1n) is 9.90. The molecule has 0 unspecified atom stereocenters. The smallest absolute Gasteiger partial charge is 0.268 e. The fourth-order valence-electron chi connectivity index (χ4n) is 4.21. The van der Waals surface area contributed by atoms with Crippen molar-refractivity contribution in [1.82, 2.24) is 0 Å². The summed E-state index contributed by atoms with van der Waals surface area (Å²) in [5.74, 6) is 0.464. The van der Waals surface area contributed by atoms with Gasteiger partial charge in [0.05, 0.1) is 17.0 Å². The van der Waals surface area contributed by atoms with Gasteiger partial charge in [0.25, 0.3) is 5.91 Å². The number of anilines is 1. The van der Waals surface area contributed by atoms with Crippen LogP contribution >= 0.6 is 0 Å². The van der Waals surface area contributed by atoms with Crippen molar-refractivity contribution in [1.29, 1.82) is 0 Å². The molecule has 0 spiro atoms. The standard InChI is InChI=1S/C22H25N3O2/c1-15-6-5-9-18(12-15)25-21(26)19-14-23-17(13-20(19)24-22(25)27)11-10-16-7-3-2-4-8-16/h5-6,9,12,14,16H,2-4,7-8,10-11,13H2,1H3. The summed E-state index contributed by atoms with van der Waals surface area (Å²) < 4.78 is 0. The largest absolute Gasteiger partial charge is 0.355 e. The van der Waals surface area contributed by atoms with Crippen molar-refractivity contribution in [3.8, 4) is 0 Å². The summed E-state index contributed by atoms with van der Waals surface area (Å²) in [6, 6.07) is 6.83. The maximum Gasteiger partial charge on any atom is 0.355 e. The van der Waals surface area contributed by atoms with E-state index in [0.717, 1.165) is 34.9 Å². The van der Waals surface area contributed by atoms with Gasteiger partial charge in [-0.15, -0.1) is 0 Å². The molecule has 1 aliphatic carbocycles. The summed E-state index contributed by atoms with van der Waals surface area (Å²) in [6.07, 6.45) is 10.9. The Labute approximate surface area is 159 Å². The lowest BCUT2D eigenvalue weighted by atomic mass is 9.85. The van der Waals surface area contributed by atoms with Gasteiger partial charge in [-0.25, -0.2) is 9.69 Å². The highest BCUT2D eigenvalue weighted by Gasteiger charge is 2.35. The van der Waals surface area contributed by atoms with Crippen molar-refractivity contribution in [3.63, 3.8) is 0 Å². The molecule has 1 saturated carbocycles. The second-order valence-electron chi connectivity index (χ2n) is 7.78. The molecule has 4 rings (SSSR count). The summed E-state index contributed by atoms with van der Waals surface area (Å²) in [5, 5.41) is 0. The molecule has 0 radical (unpaired) electrons. The van der Waals surface area contributed by atoms with E-state index in [-0.39, 0.29) is 5.91 Å². The molecule has 0 saturated heterocycles. The second-order valence-corrected chi connectivity index (χ2v) is 7.78. The fourth-order valence-corrected chi connectivity index (χ4v) is 4.21. The third-order valence-electron chi connectivity index (χ3n) is 5.74. The summed E-state index contributed by atoms with van der Waals surface area (Å²) in [7, 11) is 0. The number of nitrogens with zero attached hydrogens (tertiary/aromatic N) is 3. The third-order valence-corrected chi connectivity index (χ3v) is 5.74. The van der Waals surface area contributed by atoms with Gasteiger partial charge in [0, 0.05) is 18.3 Å². The van der Waals surface area contributed by atoms with Gasteiger partial charge in [-0.3, -0.25) is 9.79 Å². The SMILES string of the molecule is Cc1cccc(N2C(=O)N=C3CC(CCC4CCCCC4)=NC=C3C2=O)c1. The zero-order valence-electron chi connectivity index (χ0n) is 15.8. The molecule has 0 N–H and O–H groups in total. The number of benzene rings is 1. The molecule has 27 heavy (non-hydrogen) atoms. The highest BCUT2D eigenvalue weighted by atomic mass is 16.2. The van der Waals surface area contributed by atoms with Gasteiger partial charge in [0.15, 0.2) is 0 Å². The van der Waals surface area contributed by atoms with Gasteiger partial charge in [-0.2, -0.15) is 4.99 Å². The lowest BCUT2D eigenvalue weighted by Crippen LogP contribution is -2.43. The lowest BCUT2D eigenvalue weighted by Gasteiger charge is -2.27. The number of hydrogen-bond donors (Lipinski definition) is 0. The normalized spacial score (nSPS) is 20.8. The molecule has 2 heterocycles. The first-order valence-corrected chi connectivity index (χ1v) is 9.90. The van der Waals surface area contributed by atoms with Crippen LogP contribution in [0, 0.1) is 12.8 Å². The molecule has 1 fully saturated rings. The van der Waals surface area contributed by atoms with Gasteiger partial charge < -0.3 is 0 Å². The molecule has 0 bridgehead atoms. The number of aryl methyl sites for hydroxylation is 1. The Morgan fingerprint density at radius 2 is 1.96 bits per heavy atom. The summed E-state index contributed by atoms with van der Waals surface area (Å²) in [6.45, 7) is 1.93. The van der Waals surface area contributed by atoms with Gasteiger partial charge in [0.2, 0.25) is 0 Å². The first-order chi connectivity index (χ1) is 13.1. The molecule has 2 aliphatic heterocycles. The monoisotopic (exact) mass is 363 g/mol. The van der Waals surface area contributed by atoms with Gasteiger partial charge in [-0.05, 0) is 43.4 Å². The van der Waals surface area contributed by atoms with Gasteiger partial charge >= 0.3 is 6.03 Å². The van der Waals surface area contributed by atoms with Crippen LogP contribution in [-0.2, 0) is 4.79 Å². The van der Waals surface area contributed by atoms with Crippen LogP contribution in [0.1, 0.15) is 56.9 Å². The van der Waals surface area contributed by atoms with Crippen LogP contribution < -0.4 is 4.90 Å². The minimum atomic E-state index is -0.508. The van der Waals surface area contributed by atoms with Crippen LogP contribution in [-0.4, -0.2) is 23.4 Å². The van der Waals surface area contributed by atoms with Crippen LogP contribution in [0.3, 0.4) is 0 Å². The number of amides is 3. The minimum absolute atomic E-state index is 0.328. The average molecular weight is 363 g/mol. The Morgan fingerprint density at radius 1 is 1.15 bits per heavy atom. The number of aliphatic imine (C=N–C) groups is 2. The van der Waals surface area contributed by atoms with Crippen LogP contribution in [0.4, 0.5) is 10.5 Å². The number of hydrogen-bond acceptors (Lipinski definition) is 3. The van der Waals surface area contributed by atoms with E-state index in [2.05, 4.69) is 9.98 Å². The number of carbonyl (C=O) groups is 2. The lowest BCUT2D eigenvalue weighted by molar-refractivity contribution is -0.114. The zero-order valence-corrected chi connectivity index (χ0v) is 15.8. The van der Waals surface area contributed by atoms with E-state index < -0.39 is 6.03 Å². The number of carbonyl (C=O) groups excluding carboxylic acids is 2. The average Bonchev–Trinajstić information content (AvgIpc) is 2.67. The number of urea groups is 1. The summed E-state index contributed by atoms with van der Waals surface area (Å²) >= 11 is 0. The highest BCUT2D eigenvalue weighted by molar-refractivity contribution is 6.40. The van der Waals surface area contributed by atoms with Crippen molar-refractivity contribution in [2.75, 3.05) is 4.90 Å². The van der Waals surface area contributed by atoms with E-state index in [4.69, 9.17) is 0 Å². The van der Waals surface area contributed by atoms with Crippen molar-refractivity contribution < 1.29 is 9.59 Å². The van der Waals surface area contributed by atoms with Crippen LogP contribution in [0.25, 0.3) is 0 Å². The Morgan fingerprint density at radius 3 is 2.74 bits per heavy atom. The number of fused-ring (bicyclic) bond motifs is 1.